The number of hydrogen-bond donors (Lipinski definition) is 3. The van der Waals surface area contributed by atoms with Crippen molar-refractivity contribution in [2.45, 2.75) is 12.6 Å². The zero-order valence-corrected chi connectivity index (χ0v) is 12.4. The summed E-state index contributed by atoms with van der Waals surface area (Å²) < 4.78 is 36.0. The largest absolute Gasteiger partial charge is 0.405 e. The van der Waals surface area contributed by atoms with E-state index in [1.165, 1.54) is 24.3 Å². The minimum atomic E-state index is -4.45. The number of amides is 5. The van der Waals surface area contributed by atoms with E-state index in [1.807, 2.05) is 0 Å². The maximum atomic E-state index is 12.0. The van der Waals surface area contributed by atoms with E-state index in [-0.39, 0.29) is 13.0 Å². The van der Waals surface area contributed by atoms with E-state index in [0.29, 0.717) is 17.8 Å². The highest BCUT2D eigenvalue weighted by atomic mass is 19.4. The van der Waals surface area contributed by atoms with E-state index in [4.69, 9.17) is 0 Å². The molecule has 0 atom stereocenters. The molecular weight excluding hydrogens is 329 g/mol. The van der Waals surface area contributed by atoms with Gasteiger partial charge in [-0.2, -0.15) is 13.2 Å². The highest BCUT2D eigenvalue weighted by molar-refractivity contribution is 6.01. The molecule has 0 saturated carbocycles. The smallest absolute Gasteiger partial charge is 0.347 e. The topological polar surface area (TPSA) is 90.5 Å². The number of imide groups is 1. The summed E-state index contributed by atoms with van der Waals surface area (Å²) >= 11 is 0. The van der Waals surface area contributed by atoms with Crippen molar-refractivity contribution >= 4 is 23.7 Å². The highest BCUT2D eigenvalue weighted by Crippen LogP contribution is 2.14. The van der Waals surface area contributed by atoms with E-state index in [0.717, 1.165) is 4.90 Å². The van der Waals surface area contributed by atoms with Gasteiger partial charge in [-0.05, 0) is 17.7 Å². The molecule has 3 N–H and O–H groups in total. The van der Waals surface area contributed by atoms with Crippen LogP contribution in [0.3, 0.4) is 0 Å². The number of nitrogens with zero attached hydrogens (tertiary/aromatic N) is 1. The van der Waals surface area contributed by atoms with Crippen LogP contribution >= 0.6 is 0 Å². The number of rotatable bonds is 4. The summed E-state index contributed by atoms with van der Waals surface area (Å²) in [5.41, 5.74) is 0.894. The van der Waals surface area contributed by atoms with Gasteiger partial charge in [-0.15, -0.1) is 0 Å². The molecule has 1 aliphatic heterocycles. The van der Waals surface area contributed by atoms with Crippen LogP contribution in [-0.4, -0.2) is 48.7 Å². The fourth-order valence-electron chi connectivity index (χ4n) is 2.01. The van der Waals surface area contributed by atoms with Gasteiger partial charge in [0.05, 0.1) is 6.42 Å². The third-order valence-electron chi connectivity index (χ3n) is 3.16. The SMILES string of the molecule is O=C(Cc1ccc(NC(=O)N2CCNC2=O)cc1)NCC(F)(F)F. The molecule has 0 radical (unpaired) electrons. The van der Waals surface area contributed by atoms with Crippen molar-refractivity contribution in [3.05, 3.63) is 29.8 Å². The zero-order valence-electron chi connectivity index (χ0n) is 12.4. The van der Waals surface area contributed by atoms with Crippen LogP contribution in [-0.2, 0) is 11.2 Å². The van der Waals surface area contributed by atoms with Gasteiger partial charge in [0.15, 0.2) is 0 Å². The lowest BCUT2D eigenvalue weighted by Crippen LogP contribution is -2.37. The summed E-state index contributed by atoms with van der Waals surface area (Å²) in [5, 5.41) is 6.78. The fraction of sp³-hybridized carbons (Fsp3) is 0.357. The summed E-state index contributed by atoms with van der Waals surface area (Å²) in [6, 6.07) is 4.95. The molecule has 0 unspecified atom stereocenters. The van der Waals surface area contributed by atoms with Gasteiger partial charge in [0.2, 0.25) is 5.91 Å². The molecule has 1 aromatic carbocycles. The van der Waals surface area contributed by atoms with Gasteiger partial charge in [0.25, 0.3) is 0 Å². The Hall–Kier alpha value is -2.78. The van der Waals surface area contributed by atoms with Gasteiger partial charge in [-0.25, -0.2) is 14.5 Å². The molecule has 130 valence electrons. The number of alkyl halides is 3. The fourth-order valence-corrected chi connectivity index (χ4v) is 2.01. The lowest BCUT2D eigenvalue weighted by atomic mass is 10.1. The van der Waals surface area contributed by atoms with Gasteiger partial charge in [0.1, 0.15) is 6.54 Å². The van der Waals surface area contributed by atoms with Crippen LogP contribution in [0.1, 0.15) is 5.56 Å². The van der Waals surface area contributed by atoms with E-state index in [1.54, 1.807) is 5.32 Å². The van der Waals surface area contributed by atoms with Gasteiger partial charge < -0.3 is 16.0 Å². The summed E-state index contributed by atoms with van der Waals surface area (Å²) in [7, 11) is 0. The molecule has 1 heterocycles. The maximum Gasteiger partial charge on any atom is 0.405 e. The first-order chi connectivity index (χ1) is 11.2. The van der Waals surface area contributed by atoms with E-state index < -0.39 is 30.7 Å². The highest BCUT2D eigenvalue weighted by Gasteiger charge is 2.28. The Labute approximate surface area is 135 Å². The molecule has 5 amide bonds. The first-order valence-electron chi connectivity index (χ1n) is 7.03. The van der Waals surface area contributed by atoms with E-state index in [2.05, 4.69) is 10.6 Å². The van der Waals surface area contributed by atoms with Crippen molar-refractivity contribution in [2.75, 3.05) is 25.0 Å². The third-order valence-corrected chi connectivity index (χ3v) is 3.16. The van der Waals surface area contributed by atoms with Crippen LogP contribution in [0.15, 0.2) is 24.3 Å². The Morgan fingerprint density at radius 1 is 1.21 bits per heavy atom. The molecule has 0 aromatic heterocycles. The molecule has 7 nitrogen and oxygen atoms in total. The Morgan fingerprint density at radius 3 is 2.42 bits per heavy atom. The van der Waals surface area contributed by atoms with E-state index >= 15 is 0 Å². The van der Waals surface area contributed by atoms with Crippen LogP contribution in [0.4, 0.5) is 28.4 Å². The molecule has 0 aliphatic carbocycles. The number of anilines is 1. The molecule has 0 spiro atoms. The maximum absolute atomic E-state index is 12.0. The molecule has 2 rings (SSSR count). The van der Waals surface area contributed by atoms with Crippen molar-refractivity contribution in [3.8, 4) is 0 Å². The minimum Gasteiger partial charge on any atom is -0.347 e. The molecule has 10 heteroatoms. The second-order valence-corrected chi connectivity index (χ2v) is 5.08. The van der Waals surface area contributed by atoms with Crippen LogP contribution in [0, 0.1) is 0 Å². The lowest BCUT2D eigenvalue weighted by molar-refractivity contribution is -0.138. The van der Waals surface area contributed by atoms with Crippen LogP contribution < -0.4 is 16.0 Å². The van der Waals surface area contributed by atoms with Crippen molar-refractivity contribution in [1.82, 2.24) is 15.5 Å². The van der Waals surface area contributed by atoms with Crippen LogP contribution in [0.25, 0.3) is 0 Å². The lowest BCUT2D eigenvalue weighted by Gasteiger charge is -2.13. The minimum absolute atomic E-state index is 0.209. The summed E-state index contributed by atoms with van der Waals surface area (Å²) in [6.07, 6.45) is -4.66. The van der Waals surface area contributed by atoms with E-state index in [9.17, 15) is 27.6 Å². The Kier molecular flexibility index (Phi) is 5.27. The normalized spacial score (nSPS) is 14.3. The van der Waals surface area contributed by atoms with Crippen molar-refractivity contribution in [1.29, 1.82) is 0 Å². The monoisotopic (exact) mass is 344 g/mol. The Bertz CT molecular complexity index is 631. The van der Waals surface area contributed by atoms with Gasteiger partial charge >= 0.3 is 18.2 Å². The van der Waals surface area contributed by atoms with Crippen molar-refractivity contribution < 1.29 is 27.6 Å². The molecule has 24 heavy (non-hydrogen) atoms. The second-order valence-electron chi connectivity index (χ2n) is 5.08. The van der Waals surface area contributed by atoms with Gasteiger partial charge in [-0.3, -0.25) is 4.79 Å². The molecule has 0 bridgehead atoms. The number of carbonyl (C=O) groups excluding carboxylic acids is 3. The summed E-state index contributed by atoms with van der Waals surface area (Å²) in [6.45, 7) is -0.724. The summed E-state index contributed by atoms with van der Waals surface area (Å²) in [5.74, 6) is -0.752. The Balaban J connectivity index is 1.85. The zero-order chi connectivity index (χ0) is 17.7. The number of hydrogen-bond acceptors (Lipinski definition) is 3. The predicted molar refractivity (Wildman–Crippen MR) is 78.3 cm³/mol. The molecule has 1 aliphatic rings. The van der Waals surface area contributed by atoms with Crippen LogP contribution in [0.5, 0.6) is 0 Å². The van der Waals surface area contributed by atoms with Crippen molar-refractivity contribution in [2.24, 2.45) is 0 Å². The number of urea groups is 2. The molecule has 1 aromatic rings. The quantitative estimate of drug-likeness (QED) is 0.772. The summed E-state index contributed by atoms with van der Waals surface area (Å²) in [4.78, 5) is 35.6. The standard InChI is InChI=1S/C14H15F3N4O3/c15-14(16,17)8-19-11(22)7-9-1-3-10(4-2-9)20-13(24)21-6-5-18-12(21)23/h1-4H,5-8H2,(H,18,23)(H,19,22)(H,20,24). The number of carbonyl (C=O) groups is 3. The van der Waals surface area contributed by atoms with Gasteiger partial charge in [-0.1, -0.05) is 12.1 Å². The second kappa shape index (κ2) is 7.20. The first-order valence-corrected chi connectivity index (χ1v) is 7.03. The number of halogens is 3. The average Bonchev–Trinajstić information content (AvgIpc) is 2.93. The predicted octanol–water partition coefficient (Wildman–Crippen LogP) is 1.46. The molecular formula is C14H15F3N4O3. The number of benzene rings is 1. The average molecular weight is 344 g/mol. The van der Waals surface area contributed by atoms with Crippen LogP contribution in [0.2, 0.25) is 0 Å². The third kappa shape index (κ3) is 5.14. The molecule has 1 saturated heterocycles. The number of nitrogens with one attached hydrogen (secondary N) is 3. The first kappa shape index (κ1) is 17.6. The van der Waals surface area contributed by atoms with Crippen molar-refractivity contribution in [3.63, 3.8) is 0 Å². The Morgan fingerprint density at radius 2 is 1.88 bits per heavy atom. The van der Waals surface area contributed by atoms with Gasteiger partial charge in [0, 0.05) is 18.8 Å². The molecule has 1 fully saturated rings.